The number of aliphatic carboxylic acids is 1. The first-order valence-electron chi connectivity index (χ1n) is 7.82. The van der Waals surface area contributed by atoms with Crippen LogP contribution in [0.15, 0.2) is 24.3 Å². The third-order valence-corrected chi connectivity index (χ3v) is 4.04. The molecule has 0 spiro atoms. The SMILES string of the molecule is CCOc1ccc(CC(=O)NC2CCC(C(=O)O)CC2)cc1. The molecule has 0 aromatic heterocycles. The molecule has 22 heavy (non-hydrogen) atoms. The molecular formula is C17H23NO4. The average Bonchev–Trinajstić information content (AvgIpc) is 2.50. The summed E-state index contributed by atoms with van der Waals surface area (Å²) >= 11 is 0. The van der Waals surface area contributed by atoms with E-state index in [1.807, 2.05) is 31.2 Å². The van der Waals surface area contributed by atoms with Crippen LogP contribution in [0.1, 0.15) is 38.2 Å². The minimum absolute atomic E-state index is 0.0112. The standard InChI is InChI=1S/C17H23NO4/c1-2-22-15-9-3-12(4-10-15)11-16(19)18-14-7-5-13(6-8-14)17(20)21/h3-4,9-10,13-14H,2,5-8,11H2,1H3,(H,18,19)(H,20,21). The molecule has 1 aromatic carbocycles. The second kappa shape index (κ2) is 7.82. The molecule has 120 valence electrons. The Kier molecular flexibility index (Phi) is 5.81. The van der Waals surface area contributed by atoms with Gasteiger partial charge in [0, 0.05) is 6.04 Å². The Morgan fingerprint density at radius 1 is 1.18 bits per heavy atom. The van der Waals surface area contributed by atoms with Gasteiger partial charge in [-0.05, 0) is 50.3 Å². The Labute approximate surface area is 130 Å². The lowest BCUT2D eigenvalue weighted by Gasteiger charge is -2.26. The molecule has 0 unspecified atom stereocenters. The summed E-state index contributed by atoms with van der Waals surface area (Å²) in [5.41, 5.74) is 0.945. The molecule has 2 N–H and O–H groups in total. The number of carboxylic acids is 1. The van der Waals surface area contributed by atoms with Crippen LogP contribution in [0.5, 0.6) is 5.75 Å². The molecule has 2 rings (SSSR count). The number of carbonyl (C=O) groups excluding carboxylic acids is 1. The minimum Gasteiger partial charge on any atom is -0.494 e. The molecule has 1 amide bonds. The van der Waals surface area contributed by atoms with E-state index in [0.717, 1.165) is 24.2 Å². The lowest BCUT2D eigenvalue weighted by Crippen LogP contribution is -2.39. The lowest BCUT2D eigenvalue weighted by molar-refractivity contribution is -0.142. The van der Waals surface area contributed by atoms with Gasteiger partial charge in [0.25, 0.3) is 0 Å². The zero-order valence-corrected chi connectivity index (χ0v) is 12.9. The monoisotopic (exact) mass is 305 g/mol. The third-order valence-electron chi connectivity index (χ3n) is 4.04. The Hall–Kier alpha value is -2.04. The second-order valence-electron chi connectivity index (χ2n) is 5.71. The fourth-order valence-corrected chi connectivity index (χ4v) is 2.82. The molecule has 1 aliphatic rings. The van der Waals surface area contributed by atoms with E-state index in [4.69, 9.17) is 9.84 Å². The number of ether oxygens (including phenoxy) is 1. The maximum atomic E-state index is 12.0. The van der Waals surface area contributed by atoms with Gasteiger partial charge >= 0.3 is 5.97 Å². The number of hydrogen-bond donors (Lipinski definition) is 2. The quantitative estimate of drug-likeness (QED) is 0.846. The molecule has 0 aliphatic heterocycles. The molecule has 1 saturated carbocycles. The van der Waals surface area contributed by atoms with Crippen LogP contribution in [0.2, 0.25) is 0 Å². The van der Waals surface area contributed by atoms with E-state index in [0.29, 0.717) is 25.9 Å². The second-order valence-corrected chi connectivity index (χ2v) is 5.71. The van der Waals surface area contributed by atoms with E-state index >= 15 is 0 Å². The normalized spacial score (nSPS) is 21.1. The van der Waals surface area contributed by atoms with Crippen molar-refractivity contribution < 1.29 is 19.4 Å². The molecule has 1 aromatic rings. The Morgan fingerprint density at radius 2 is 1.82 bits per heavy atom. The Bertz CT molecular complexity index is 504. The van der Waals surface area contributed by atoms with Crippen LogP contribution >= 0.6 is 0 Å². The molecule has 5 nitrogen and oxygen atoms in total. The van der Waals surface area contributed by atoms with Crippen LogP contribution in [0.4, 0.5) is 0 Å². The van der Waals surface area contributed by atoms with E-state index in [9.17, 15) is 9.59 Å². The summed E-state index contributed by atoms with van der Waals surface area (Å²) in [7, 11) is 0. The first-order chi connectivity index (χ1) is 10.6. The van der Waals surface area contributed by atoms with Crippen molar-refractivity contribution in [1.82, 2.24) is 5.32 Å². The highest BCUT2D eigenvalue weighted by Gasteiger charge is 2.26. The maximum Gasteiger partial charge on any atom is 0.306 e. The molecule has 5 heteroatoms. The number of benzene rings is 1. The number of amides is 1. The molecular weight excluding hydrogens is 282 g/mol. The summed E-state index contributed by atoms with van der Waals surface area (Å²) in [4.78, 5) is 22.9. The summed E-state index contributed by atoms with van der Waals surface area (Å²) in [5, 5.41) is 12.0. The van der Waals surface area contributed by atoms with Crippen molar-refractivity contribution in [2.75, 3.05) is 6.61 Å². The maximum absolute atomic E-state index is 12.0. The van der Waals surface area contributed by atoms with Crippen LogP contribution < -0.4 is 10.1 Å². The summed E-state index contributed by atoms with van der Waals surface area (Å²) in [6, 6.07) is 7.62. The number of hydrogen-bond acceptors (Lipinski definition) is 3. The molecule has 0 atom stereocenters. The van der Waals surface area contributed by atoms with E-state index in [-0.39, 0.29) is 17.9 Å². The Balaban J connectivity index is 1.77. The van der Waals surface area contributed by atoms with Crippen LogP contribution in [-0.4, -0.2) is 29.6 Å². The molecule has 1 aliphatic carbocycles. The molecule has 0 bridgehead atoms. The Morgan fingerprint density at radius 3 is 2.36 bits per heavy atom. The highest BCUT2D eigenvalue weighted by molar-refractivity contribution is 5.79. The molecule has 1 fully saturated rings. The minimum atomic E-state index is -0.723. The van der Waals surface area contributed by atoms with E-state index in [2.05, 4.69) is 5.32 Å². The van der Waals surface area contributed by atoms with Crippen molar-refractivity contribution in [3.05, 3.63) is 29.8 Å². The van der Waals surface area contributed by atoms with Crippen molar-refractivity contribution in [3.8, 4) is 5.75 Å². The third kappa shape index (κ3) is 4.76. The van der Waals surface area contributed by atoms with Crippen LogP contribution in [-0.2, 0) is 16.0 Å². The van der Waals surface area contributed by atoms with Crippen molar-refractivity contribution in [1.29, 1.82) is 0 Å². The van der Waals surface area contributed by atoms with Gasteiger partial charge in [0.2, 0.25) is 5.91 Å². The van der Waals surface area contributed by atoms with E-state index in [1.54, 1.807) is 0 Å². The summed E-state index contributed by atoms with van der Waals surface area (Å²) in [6.07, 6.45) is 3.11. The lowest BCUT2D eigenvalue weighted by atomic mass is 9.86. The highest BCUT2D eigenvalue weighted by Crippen LogP contribution is 2.24. The highest BCUT2D eigenvalue weighted by atomic mass is 16.5. The van der Waals surface area contributed by atoms with Gasteiger partial charge in [-0.2, -0.15) is 0 Å². The number of carboxylic acid groups (broad SMARTS) is 1. The topological polar surface area (TPSA) is 75.6 Å². The molecule has 0 saturated heterocycles. The van der Waals surface area contributed by atoms with Crippen molar-refractivity contribution in [2.45, 2.75) is 45.1 Å². The number of rotatable bonds is 6. The van der Waals surface area contributed by atoms with Gasteiger partial charge in [-0.15, -0.1) is 0 Å². The van der Waals surface area contributed by atoms with E-state index in [1.165, 1.54) is 0 Å². The summed E-state index contributed by atoms with van der Waals surface area (Å²) in [5.74, 6) is -0.181. The van der Waals surface area contributed by atoms with E-state index < -0.39 is 5.97 Å². The van der Waals surface area contributed by atoms with Gasteiger partial charge < -0.3 is 15.2 Å². The number of carbonyl (C=O) groups is 2. The predicted octanol–water partition coefficient (Wildman–Crippen LogP) is 2.39. The van der Waals surface area contributed by atoms with Crippen LogP contribution in [0, 0.1) is 5.92 Å². The zero-order valence-electron chi connectivity index (χ0n) is 12.9. The van der Waals surface area contributed by atoms with Crippen LogP contribution in [0.25, 0.3) is 0 Å². The first-order valence-corrected chi connectivity index (χ1v) is 7.82. The smallest absolute Gasteiger partial charge is 0.306 e. The van der Waals surface area contributed by atoms with Gasteiger partial charge in [0.05, 0.1) is 18.9 Å². The first kappa shape index (κ1) is 16.3. The summed E-state index contributed by atoms with van der Waals surface area (Å²) in [6.45, 7) is 2.55. The zero-order chi connectivity index (χ0) is 15.9. The molecule has 0 radical (unpaired) electrons. The molecule has 0 heterocycles. The van der Waals surface area contributed by atoms with Crippen molar-refractivity contribution in [2.24, 2.45) is 5.92 Å². The van der Waals surface area contributed by atoms with Gasteiger partial charge in [-0.1, -0.05) is 12.1 Å². The fraction of sp³-hybridized carbons (Fsp3) is 0.529. The van der Waals surface area contributed by atoms with Gasteiger partial charge in [0.1, 0.15) is 5.75 Å². The van der Waals surface area contributed by atoms with Gasteiger partial charge in [-0.25, -0.2) is 0 Å². The van der Waals surface area contributed by atoms with Crippen LogP contribution in [0.3, 0.4) is 0 Å². The van der Waals surface area contributed by atoms with Gasteiger partial charge in [0.15, 0.2) is 0 Å². The van der Waals surface area contributed by atoms with Gasteiger partial charge in [-0.3, -0.25) is 9.59 Å². The summed E-state index contributed by atoms with van der Waals surface area (Å²) < 4.78 is 5.37. The van der Waals surface area contributed by atoms with Crippen molar-refractivity contribution >= 4 is 11.9 Å². The predicted molar refractivity (Wildman–Crippen MR) is 82.8 cm³/mol. The average molecular weight is 305 g/mol. The largest absolute Gasteiger partial charge is 0.494 e. The van der Waals surface area contributed by atoms with Crippen molar-refractivity contribution in [3.63, 3.8) is 0 Å². The fourth-order valence-electron chi connectivity index (χ4n) is 2.82. The number of nitrogens with one attached hydrogen (secondary N) is 1.